The fourth-order valence-electron chi connectivity index (χ4n) is 0.386. The van der Waals surface area contributed by atoms with E-state index in [4.69, 9.17) is 0 Å². The number of alkyl halides is 1. The minimum atomic E-state index is 0.373. The maximum absolute atomic E-state index is 4.03. The van der Waals surface area contributed by atoms with E-state index in [0.717, 1.165) is 2.64 Å². The van der Waals surface area contributed by atoms with Crippen molar-refractivity contribution in [1.82, 2.24) is 0 Å². The molecule has 0 aliphatic carbocycles. The van der Waals surface area contributed by atoms with Crippen molar-refractivity contribution >= 4 is 50.1 Å². The van der Waals surface area contributed by atoms with Gasteiger partial charge in [-0.1, -0.05) is 13.1 Å². The summed E-state index contributed by atoms with van der Waals surface area (Å²) >= 11 is 2.57. The van der Waals surface area contributed by atoms with Crippen molar-refractivity contribution in [3.05, 3.63) is 0 Å². The van der Waals surface area contributed by atoms with Crippen LogP contribution in [0.4, 0.5) is 0 Å². The highest BCUT2D eigenvalue weighted by atomic mass is 127. The Labute approximate surface area is 52.7 Å². The molecule has 2 aliphatic rings. The molecule has 0 N–H and O–H groups in total. The molecule has 0 aromatic heterocycles. The Hall–Kier alpha value is 1.50. The first-order valence-electron chi connectivity index (χ1n) is 1.58. The summed E-state index contributed by atoms with van der Waals surface area (Å²) in [5.74, 6) is 0. The van der Waals surface area contributed by atoms with E-state index in [2.05, 4.69) is 28.9 Å². The third kappa shape index (κ3) is 0.325. The number of hydrogen-bond acceptors (Lipinski definition) is 0. The van der Waals surface area contributed by atoms with E-state index >= 15 is 0 Å². The van der Waals surface area contributed by atoms with Crippen molar-refractivity contribution in [3.63, 3.8) is 0 Å². The SMILES string of the molecule is C=P1=P2=PC12I. The monoisotopic (exact) mass is 246 g/mol. The standard InChI is InChI=1S/C2H2IP3/c1-5-2(3)4-6(2)5/h1H2. The van der Waals surface area contributed by atoms with Gasteiger partial charge in [0, 0.05) is 0 Å². The molecule has 0 saturated heterocycles. The molecule has 0 saturated carbocycles. The van der Waals surface area contributed by atoms with Gasteiger partial charge in [-0.05, 0) is 37.0 Å². The van der Waals surface area contributed by atoms with Gasteiger partial charge in [0.25, 0.3) is 0 Å². The van der Waals surface area contributed by atoms with Crippen molar-refractivity contribution < 1.29 is 0 Å². The predicted molar refractivity (Wildman–Crippen MR) is 44.6 cm³/mol. The Bertz CT molecular complexity index is 232. The molecular formula is C2H2IP3. The van der Waals surface area contributed by atoms with Crippen LogP contribution in [-0.2, 0) is 0 Å². The van der Waals surface area contributed by atoms with Gasteiger partial charge >= 0.3 is 0 Å². The van der Waals surface area contributed by atoms with Crippen LogP contribution in [0, 0.1) is 0 Å². The fraction of sp³-hybridized carbons (Fsp3) is 0.500. The zero-order valence-electron chi connectivity index (χ0n) is 2.93. The van der Waals surface area contributed by atoms with Crippen LogP contribution in [0.15, 0.2) is 0 Å². The third-order valence-corrected chi connectivity index (χ3v) is 23.0. The van der Waals surface area contributed by atoms with Gasteiger partial charge in [0.1, 0.15) is 0 Å². The van der Waals surface area contributed by atoms with E-state index in [1.807, 2.05) is 0 Å². The normalized spacial score (nSPS) is 62.2. The van der Waals surface area contributed by atoms with Gasteiger partial charge in [-0.15, -0.1) is 0 Å². The summed E-state index contributed by atoms with van der Waals surface area (Å²) in [6, 6.07) is 0. The van der Waals surface area contributed by atoms with Crippen molar-refractivity contribution in [2.45, 2.75) is 2.64 Å². The summed E-state index contributed by atoms with van der Waals surface area (Å²) in [5, 5.41) is 0. The molecule has 32 valence electrons. The first-order chi connectivity index (χ1) is 2.75. The van der Waals surface area contributed by atoms with Crippen LogP contribution in [-0.4, -0.2) is 8.94 Å². The van der Waals surface area contributed by atoms with Crippen molar-refractivity contribution in [2.24, 2.45) is 0 Å². The molecule has 0 aromatic carbocycles. The second-order valence-electron chi connectivity index (χ2n) is 1.34. The first kappa shape index (κ1) is 4.39. The lowest BCUT2D eigenvalue weighted by Crippen LogP contribution is -1.58. The van der Waals surface area contributed by atoms with E-state index in [1.54, 1.807) is 7.87 Å². The lowest BCUT2D eigenvalue weighted by Gasteiger charge is -1.75. The number of rotatable bonds is 0. The molecule has 0 radical (unpaired) electrons. The summed E-state index contributed by atoms with van der Waals surface area (Å²) in [5.41, 5.74) is 0. The predicted octanol–water partition coefficient (Wildman–Crippen LogP) is 3.23. The van der Waals surface area contributed by atoms with Gasteiger partial charge in [0.15, 0.2) is 2.64 Å². The van der Waals surface area contributed by atoms with E-state index in [1.165, 1.54) is 0 Å². The average molecular weight is 246 g/mol. The molecule has 2 aliphatic heterocycles. The maximum Gasteiger partial charge on any atom is 0.152 e. The zero-order chi connectivity index (χ0) is 4.36. The molecule has 0 spiro atoms. The second kappa shape index (κ2) is 0.935. The quantitative estimate of drug-likeness (QED) is 0.349. The highest BCUT2D eigenvalue weighted by Gasteiger charge is 2.51. The highest BCUT2D eigenvalue weighted by molar-refractivity contribution is 14.1. The zero-order valence-corrected chi connectivity index (χ0v) is 7.77. The Morgan fingerprint density at radius 3 is 2.17 bits per heavy atom. The third-order valence-electron chi connectivity index (χ3n) is 0.955. The number of hydrogen-bond donors (Lipinski definition) is 0. The summed E-state index contributed by atoms with van der Waals surface area (Å²) < 4.78 is 0.836. The van der Waals surface area contributed by atoms with Gasteiger partial charge in [0.05, 0.1) is 0 Å². The summed E-state index contributed by atoms with van der Waals surface area (Å²) in [6.07, 6.45) is 4.03. The van der Waals surface area contributed by atoms with Crippen molar-refractivity contribution in [1.29, 1.82) is 0 Å². The average Bonchev–Trinajstić information content (AvgIpc) is 2.24. The van der Waals surface area contributed by atoms with Gasteiger partial charge in [0.2, 0.25) is 0 Å². The van der Waals surface area contributed by atoms with E-state index < -0.39 is 0 Å². The second-order valence-corrected chi connectivity index (χ2v) is 15.6. The maximum atomic E-state index is 4.03. The fourth-order valence-corrected chi connectivity index (χ4v) is 19.9. The van der Waals surface area contributed by atoms with Crippen molar-refractivity contribution in [3.8, 4) is 0 Å². The summed E-state index contributed by atoms with van der Waals surface area (Å²) in [7, 11) is 1.75. The Morgan fingerprint density at radius 1 is 1.83 bits per heavy atom. The molecule has 0 nitrogen and oxygen atoms in total. The van der Waals surface area contributed by atoms with Crippen LogP contribution in [0.1, 0.15) is 0 Å². The van der Waals surface area contributed by atoms with E-state index in [9.17, 15) is 0 Å². The lowest BCUT2D eigenvalue weighted by atomic mass is 11.8. The van der Waals surface area contributed by atoms with E-state index in [-0.39, 0.29) is 0 Å². The minimum absolute atomic E-state index is 0.373. The van der Waals surface area contributed by atoms with Gasteiger partial charge in [-0.3, -0.25) is 0 Å². The van der Waals surface area contributed by atoms with Crippen LogP contribution in [0.25, 0.3) is 0 Å². The molecule has 3 atom stereocenters. The molecule has 4 heteroatoms. The number of halogens is 1. The largest absolute Gasteiger partial charge is 0.152 e. The first-order valence-corrected chi connectivity index (χ1v) is 7.83. The molecule has 2 rings (SSSR count). The number of fused-ring (bicyclic) bond motifs is 1. The molecular weight excluding hydrogens is 244 g/mol. The minimum Gasteiger partial charge on any atom is -0.0725 e. The highest BCUT2D eigenvalue weighted by Crippen LogP contribution is 2.99. The molecule has 0 bridgehead atoms. The molecule has 0 aromatic rings. The lowest BCUT2D eigenvalue weighted by molar-refractivity contribution is 2.12. The van der Waals surface area contributed by atoms with Crippen LogP contribution in [0.2, 0.25) is 0 Å². The molecule has 0 fully saturated rings. The Morgan fingerprint density at radius 2 is 2.17 bits per heavy atom. The van der Waals surface area contributed by atoms with Crippen LogP contribution in [0.5, 0.6) is 0 Å². The topological polar surface area (TPSA) is 0 Å². The Balaban J connectivity index is 2.91. The van der Waals surface area contributed by atoms with Gasteiger partial charge < -0.3 is 0 Å². The smallest absolute Gasteiger partial charge is 0.0725 e. The molecule has 3 unspecified atom stereocenters. The van der Waals surface area contributed by atoms with Gasteiger partial charge in [-0.2, -0.15) is 0 Å². The van der Waals surface area contributed by atoms with Crippen LogP contribution >= 0.6 is 43.8 Å². The molecule has 6 heavy (non-hydrogen) atoms. The summed E-state index contributed by atoms with van der Waals surface area (Å²) in [4.78, 5) is 0. The molecule has 2 heterocycles. The Kier molecular flexibility index (Phi) is 0.684. The van der Waals surface area contributed by atoms with E-state index in [0.29, 0.717) is 13.3 Å². The molecule has 0 amide bonds. The van der Waals surface area contributed by atoms with Crippen LogP contribution < -0.4 is 0 Å². The van der Waals surface area contributed by atoms with Crippen molar-refractivity contribution in [2.75, 3.05) is 0 Å². The summed E-state index contributed by atoms with van der Waals surface area (Å²) in [6.45, 7) is 0.938. The van der Waals surface area contributed by atoms with Crippen LogP contribution in [0.3, 0.4) is 0 Å². The van der Waals surface area contributed by atoms with Gasteiger partial charge in [-0.25, -0.2) is 0 Å².